The smallest absolute Gasteiger partial charge is 0.406 e. The van der Waals surface area contributed by atoms with Crippen LogP contribution in [0.4, 0.5) is 24.5 Å². The van der Waals surface area contributed by atoms with Crippen LogP contribution in [0.1, 0.15) is 13.8 Å². The van der Waals surface area contributed by atoms with E-state index in [-0.39, 0.29) is 16.5 Å². The maximum absolute atomic E-state index is 12.4. The van der Waals surface area contributed by atoms with Crippen molar-refractivity contribution in [2.45, 2.75) is 31.1 Å². The summed E-state index contributed by atoms with van der Waals surface area (Å²) < 4.78 is 67.2. The van der Waals surface area contributed by atoms with E-state index in [9.17, 15) is 31.2 Å². The molecular formula is C18H18F3N3O5S. The normalized spacial score (nSPS) is 12.7. The van der Waals surface area contributed by atoms with Gasteiger partial charge in [0.2, 0.25) is 21.8 Å². The van der Waals surface area contributed by atoms with Crippen molar-refractivity contribution in [1.29, 1.82) is 0 Å². The van der Waals surface area contributed by atoms with Gasteiger partial charge in [-0.05, 0) is 55.5 Å². The van der Waals surface area contributed by atoms with E-state index in [1.807, 2.05) is 0 Å². The van der Waals surface area contributed by atoms with Crippen LogP contribution in [0.15, 0.2) is 53.4 Å². The second-order valence-electron chi connectivity index (χ2n) is 6.11. The lowest BCUT2D eigenvalue weighted by atomic mass is 10.2. The Bertz CT molecular complexity index is 1010. The standard InChI is InChI=1S/C18H18F3N3O5S/c1-11(17(26)23-14-3-7-15(8-4-14)29-18(19,20)21)24-30(27,28)16-9-5-13(6-10-16)22-12(2)25/h3-11,24H,1-2H3,(H,22,25)(H,23,26)/t11-/m0/s1. The third kappa shape index (κ3) is 7.04. The average molecular weight is 445 g/mol. The van der Waals surface area contributed by atoms with Gasteiger partial charge in [0, 0.05) is 18.3 Å². The number of carbonyl (C=O) groups is 2. The molecule has 0 aliphatic carbocycles. The molecule has 0 heterocycles. The molecule has 0 spiro atoms. The molecule has 0 saturated heterocycles. The lowest BCUT2D eigenvalue weighted by Crippen LogP contribution is -2.41. The van der Waals surface area contributed by atoms with Crippen molar-refractivity contribution in [1.82, 2.24) is 4.72 Å². The molecule has 3 N–H and O–H groups in total. The lowest BCUT2D eigenvalue weighted by Gasteiger charge is -2.15. The van der Waals surface area contributed by atoms with Crippen LogP contribution in [0.3, 0.4) is 0 Å². The zero-order chi connectivity index (χ0) is 22.5. The van der Waals surface area contributed by atoms with Gasteiger partial charge in [0.1, 0.15) is 5.75 Å². The molecular weight excluding hydrogens is 427 g/mol. The summed E-state index contributed by atoms with van der Waals surface area (Å²) in [6.45, 7) is 2.61. The van der Waals surface area contributed by atoms with Gasteiger partial charge in [-0.25, -0.2) is 8.42 Å². The highest BCUT2D eigenvalue weighted by molar-refractivity contribution is 7.89. The number of benzene rings is 2. The largest absolute Gasteiger partial charge is 0.573 e. The quantitative estimate of drug-likeness (QED) is 0.607. The van der Waals surface area contributed by atoms with E-state index in [0.717, 1.165) is 12.1 Å². The minimum absolute atomic E-state index is 0.120. The van der Waals surface area contributed by atoms with Crippen molar-refractivity contribution in [3.8, 4) is 5.75 Å². The molecule has 2 rings (SSSR count). The molecule has 0 unspecified atom stereocenters. The maximum atomic E-state index is 12.4. The summed E-state index contributed by atoms with van der Waals surface area (Å²) in [6, 6.07) is 8.51. The minimum atomic E-state index is -4.84. The Hall–Kier alpha value is -3.12. The predicted molar refractivity (Wildman–Crippen MR) is 102 cm³/mol. The van der Waals surface area contributed by atoms with Crippen LogP contribution < -0.4 is 20.1 Å². The summed E-state index contributed by atoms with van der Waals surface area (Å²) in [5.41, 5.74) is 0.561. The van der Waals surface area contributed by atoms with Crippen LogP contribution in [0.25, 0.3) is 0 Å². The van der Waals surface area contributed by atoms with Crippen molar-refractivity contribution in [3.63, 3.8) is 0 Å². The van der Waals surface area contributed by atoms with Gasteiger partial charge >= 0.3 is 6.36 Å². The fourth-order valence-corrected chi connectivity index (χ4v) is 3.47. The van der Waals surface area contributed by atoms with Crippen molar-refractivity contribution >= 4 is 33.2 Å². The number of hydrogen-bond donors (Lipinski definition) is 3. The molecule has 12 heteroatoms. The fraction of sp³-hybridized carbons (Fsp3) is 0.222. The number of anilines is 2. The van der Waals surface area contributed by atoms with Crippen LogP contribution in [0.5, 0.6) is 5.75 Å². The highest BCUT2D eigenvalue weighted by atomic mass is 32.2. The Labute approximate surface area is 170 Å². The van der Waals surface area contributed by atoms with Crippen LogP contribution in [0.2, 0.25) is 0 Å². The lowest BCUT2D eigenvalue weighted by molar-refractivity contribution is -0.274. The van der Waals surface area contributed by atoms with Crippen LogP contribution in [-0.4, -0.2) is 32.6 Å². The number of rotatable bonds is 7. The third-order valence-corrected chi connectivity index (χ3v) is 5.12. The average Bonchev–Trinajstić information content (AvgIpc) is 2.61. The molecule has 0 aliphatic rings. The first-order valence-corrected chi connectivity index (χ1v) is 9.91. The molecule has 30 heavy (non-hydrogen) atoms. The van der Waals surface area contributed by atoms with Gasteiger partial charge in [0.05, 0.1) is 10.9 Å². The van der Waals surface area contributed by atoms with E-state index >= 15 is 0 Å². The molecule has 0 aromatic heterocycles. The molecule has 2 aromatic carbocycles. The zero-order valence-corrected chi connectivity index (χ0v) is 16.6. The molecule has 2 amide bonds. The van der Waals surface area contributed by atoms with Gasteiger partial charge in [0.25, 0.3) is 0 Å². The van der Waals surface area contributed by atoms with E-state index in [1.165, 1.54) is 50.2 Å². The van der Waals surface area contributed by atoms with Gasteiger partial charge in [-0.15, -0.1) is 13.2 Å². The minimum Gasteiger partial charge on any atom is -0.406 e. The number of sulfonamides is 1. The second-order valence-corrected chi connectivity index (χ2v) is 7.82. The topological polar surface area (TPSA) is 114 Å². The first kappa shape index (κ1) is 23.2. The van der Waals surface area contributed by atoms with Gasteiger partial charge in [-0.2, -0.15) is 4.72 Å². The van der Waals surface area contributed by atoms with Crippen LogP contribution >= 0.6 is 0 Å². The molecule has 1 atom stereocenters. The molecule has 0 radical (unpaired) electrons. The Kier molecular flexibility index (Phi) is 7.05. The summed E-state index contributed by atoms with van der Waals surface area (Å²) in [4.78, 5) is 23.1. The molecule has 0 saturated carbocycles. The van der Waals surface area contributed by atoms with E-state index < -0.39 is 34.1 Å². The highest BCUT2D eigenvalue weighted by Gasteiger charge is 2.31. The van der Waals surface area contributed by atoms with Crippen molar-refractivity contribution in [2.75, 3.05) is 10.6 Å². The fourth-order valence-electron chi connectivity index (χ4n) is 2.27. The summed E-state index contributed by atoms with van der Waals surface area (Å²) in [6.07, 6.45) is -4.84. The monoisotopic (exact) mass is 445 g/mol. The maximum Gasteiger partial charge on any atom is 0.573 e. The molecule has 162 valence electrons. The zero-order valence-electron chi connectivity index (χ0n) is 15.8. The van der Waals surface area contributed by atoms with E-state index in [4.69, 9.17) is 0 Å². The number of halogens is 3. The summed E-state index contributed by atoms with van der Waals surface area (Å²) in [5.74, 6) is -1.50. The highest BCUT2D eigenvalue weighted by Crippen LogP contribution is 2.24. The van der Waals surface area contributed by atoms with E-state index in [2.05, 4.69) is 20.1 Å². The number of hydrogen-bond acceptors (Lipinski definition) is 5. The van der Waals surface area contributed by atoms with Crippen LogP contribution in [-0.2, 0) is 19.6 Å². The van der Waals surface area contributed by atoms with Crippen LogP contribution in [0, 0.1) is 0 Å². The predicted octanol–water partition coefficient (Wildman–Crippen LogP) is 2.85. The van der Waals surface area contributed by atoms with Crippen molar-refractivity contribution in [2.24, 2.45) is 0 Å². The molecule has 0 bridgehead atoms. The first-order valence-electron chi connectivity index (χ1n) is 8.42. The number of carbonyl (C=O) groups excluding carboxylic acids is 2. The van der Waals surface area contributed by atoms with E-state index in [0.29, 0.717) is 5.69 Å². The van der Waals surface area contributed by atoms with E-state index in [1.54, 1.807) is 0 Å². The molecule has 0 fully saturated rings. The molecule has 0 aliphatic heterocycles. The molecule has 2 aromatic rings. The first-order chi connectivity index (χ1) is 13.9. The Morgan fingerprint density at radius 2 is 1.43 bits per heavy atom. The number of nitrogens with one attached hydrogen (secondary N) is 3. The Morgan fingerprint density at radius 1 is 0.933 bits per heavy atom. The Balaban J connectivity index is 1.99. The number of amides is 2. The van der Waals surface area contributed by atoms with Crippen molar-refractivity contribution in [3.05, 3.63) is 48.5 Å². The summed E-state index contributed by atoms with van der Waals surface area (Å²) in [7, 11) is -4.04. The Morgan fingerprint density at radius 3 is 1.93 bits per heavy atom. The van der Waals surface area contributed by atoms with Gasteiger partial charge < -0.3 is 15.4 Å². The summed E-state index contributed by atoms with van der Waals surface area (Å²) >= 11 is 0. The van der Waals surface area contributed by atoms with Gasteiger partial charge in [-0.1, -0.05) is 0 Å². The SMILES string of the molecule is CC(=O)Nc1ccc(S(=O)(=O)N[C@@H](C)C(=O)Nc2ccc(OC(F)(F)F)cc2)cc1. The summed E-state index contributed by atoms with van der Waals surface area (Å²) in [5, 5.41) is 4.88. The molecule has 8 nitrogen and oxygen atoms in total. The van der Waals surface area contributed by atoms with Gasteiger partial charge in [-0.3, -0.25) is 9.59 Å². The second kappa shape index (κ2) is 9.13. The number of alkyl halides is 3. The van der Waals surface area contributed by atoms with Crippen molar-refractivity contribution < 1.29 is 35.9 Å². The third-order valence-electron chi connectivity index (χ3n) is 3.57. The van der Waals surface area contributed by atoms with Gasteiger partial charge in [0.15, 0.2) is 0 Å². The number of ether oxygens (including phenoxy) is 1.